The van der Waals surface area contributed by atoms with Crippen molar-refractivity contribution in [2.45, 2.75) is 77.4 Å². The number of nitrogens with two attached hydrogens (primary N) is 1. The van der Waals surface area contributed by atoms with Crippen molar-refractivity contribution < 1.29 is 9.90 Å². The number of Topliss-reactive ketones (excluding diaryl/α,β-unsaturated/α-hetero) is 1. The zero-order valence-electron chi connectivity index (χ0n) is 14.1. The van der Waals surface area contributed by atoms with Crippen molar-refractivity contribution in [3.8, 4) is 0 Å². The third kappa shape index (κ3) is 1.84. The van der Waals surface area contributed by atoms with Gasteiger partial charge in [0.1, 0.15) is 5.78 Å². The lowest BCUT2D eigenvalue weighted by Gasteiger charge is -2.60. The number of hydrogen-bond acceptors (Lipinski definition) is 3. The van der Waals surface area contributed by atoms with E-state index in [1.807, 2.05) is 0 Å². The Morgan fingerprint density at radius 2 is 1.91 bits per heavy atom. The molecule has 0 bridgehead atoms. The van der Waals surface area contributed by atoms with Crippen LogP contribution >= 0.6 is 0 Å². The fourth-order valence-corrected chi connectivity index (χ4v) is 7.10. The summed E-state index contributed by atoms with van der Waals surface area (Å²) < 4.78 is 0. The molecule has 124 valence electrons. The molecule has 3 nitrogen and oxygen atoms in total. The van der Waals surface area contributed by atoms with E-state index in [9.17, 15) is 9.90 Å². The van der Waals surface area contributed by atoms with Crippen LogP contribution in [-0.2, 0) is 4.79 Å². The number of fused-ring (bicyclic) bond motifs is 5. The Morgan fingerprint density at radius 1 is 1.14 bits per heavy atom. The van der Waals surface area contributed by atoms with Gasteiger partial charge < -0.3 is 10.8 Å². The first-order valence-electron chi connectivity index (χ1n) is 9.33. The van der Waals surface area contributed by atoms with Crippen molar-refractivity contribution in [1.29, 1.82) is 0 Å². The minimum atomic E-state index is -0.335. The van der Waals surface area contributed by atoms with Gasteiger partial charge >= 0.3 is 0 Å². The van der Waals surface area contributed by atoms with Gasteiger partial charge in [-0.25, -0.2) is 0 Å². The first-order chi connectivity index (χ1) is 10.4. The van der Waals surface area contributed by atoms with E-state index >= 15 is 0 Å². The molecule has 0 aromatic carbocycles. The molecule has 4 rings (SSSR count). The Morgan fingerprint density at radius 3 is 2.68 bits per heavy atom. The second-order valence-corrected chi connectivity index (χ2v) is 9.25. The van der Waals surface area contributed by atoms with E-state index in [4.69, 9.17) is 5.73 Å². The van der Waals surface area contributed by atoms with Crippen LogP contribution in [-0.4, -0.2) is 23.0 Å². The summed E-state index contributed by atoms with van der Waals surface area (Å²) in [5, 5.41) is 10.4. The molecular weight excluding hydrogens is 274 g/mol. The highest BCUT2D eigenvalue weighted by Gasteiger charge is 2.60. The summed E-state index contributed by atoms with van der Waals surface area (Å²) in [6.45, 7) is 4.66. The monoisotopic (exact) mass is 305 g/mol. The van der Waals surface area contributed by atoms with Gasteiger partial charge in [-0.3, -0.25) is 4.79 Å². The molecule has 3 heteroatoms. The fraction of sp³-hybridized carbons (Fsp3) is 0.947. The first-order valence-corrected chi connectivity index (χ1v) is 9.33. The molecule has 4 aliphatic rings. The minimum Gasteiger partial charge on any atom is -0.391 e. The van der Waals surface area contributed by atoms with Gasteiger partial charge in [0.05, 0.1) is 6.10 Å². The van der Waals surface area contributed by atoms with Crippen LogP contribution in [0.4, 0.5) is 0 Å². The molecule has 3 unspecified atom stereocenters. The van der Waals surface area contributed by atoms with Crippen LogP contribution in [0.15, 0.2) is 0 Å². The molecule has 22 heavy (non-hydrogen) atoms. The van der Waals surface area contributed by atoms with E-state index in [0.29, 0.717) is 29.5 Å². The number of aliphatic hydroxyl groups excluding tert-OH is 1. The van der Waals surface area contributed by atoms with Crippen LogP contribution in [0.1, 0.15) is 65.2 Å². The van der Waals surface area contributed by atoms with Gasteiger partial charge in [0.2, 0.25) is 0 Å². The van der Waals surface area contributed by atoms with Gasteiger partial charge in [0.25, 0.3) is 0 Å². The number of hydrogen-bond donors (Lipinski definition) is 2. The number of rotatable bonds is 0. The molecule has 8 atom stereocenters. The van der Waals surface area contributed by atoms with Gasteiger partial charge in [-0.2, -0.15) is 0 Å². The van der Waals surface area contributed by atoms with E-state index in [2.05, 4.69) is 13.8 Å². The van der Waals surface area contributed by atoms with Crippen LogP contribution in [0.3, 0.4) is 0 Å². The number of aliphatic hydroxyl groups is 1. The molecule has 4 fully saturated rings. The van der Waals surface area contributed by atoms with Crippen LogP contribution < -0.4 is 5.73 Å². The Labute approximate surface area is 134 Å². The molecule has 4 aliphatic carbocycles. The van der Waals surface area contributed by atoms with Crippen molar-refractivity contribution in [1.82, 2.24) is 0 Å². The summed E-state index contributed by atoms with van der Waals surface area (Å²) >= 11 is 0. The normalized spacial score (nSPS) is 57.9. The van der Waals surface area contributed by atoms with Crippen molar-refractivity contribution >= 4 is 5.78 Å². The van der Waals surface area contributed by atoms with Crippen molar-refractivity contribution in [2.24, 2.45) is 40.2 Å². The predicted molar refractivity (Wildman–Crippen MR) is 86.1 cm³/mol. The highest BCUT2D eigenvalue weighted by atomic mass is 16.3. The van der Waals surface area contributed by atoms with Crippen LogP contribution in [0.5, 0.6) is 0 Å². The zero-order chi connectivity index (χ0) is 15.7. The maximum atomic E-state index is 12.4. The summed E-state index contributed by atoms with van der Waals surface area (Å²) in [7, 11) is 0. The molecule has 0 aliphatic heterocycles. The zero-order valence-corrected chi connectivity index (χ0v) is 14.1. The number of carbonyl (C=O) groups excluding carboxylic acids is 1. The van der Waals surface area contributed by atoms with Crippen molar-refractivity contribution in [3.63, 3.8) is 0 Å². The lowest BCUT2D eigenvalue weighted by atomic mass is 9.45. The van der Waals surface area contributed by atoms with E-state index < -0.39 is 0 Å². The largest absolute Gasteiger partial charge is 0.391 e. The van der Waals surface area contributed by atoms with Gasteiger partial charge in [-0.05, 0) is 74.0 Å². The second-order valence-electron chi connectivity index (χ2n) is 9.25. The molecule has 3 N–H and O–H groups in total. The smallest absolute Gasteiger partial charge is 0.139 e. The molecule has 0 aromatic heterocycles. The Bertz CT molecular complexity index is 492. The lowest BCUT2D eigenvalue weighted by Crippen LogP contribution is -2.58. The standard InChI is InChI=1S/C19H31NO2/c1-18-8-7-14-12(13(18)5-6-17(18)22)4-3-11-9-15(20)16(21)10-19(11,14)2/h11-16,21H,3-10,20H2,1-2H3/t11?,12-,13-,14+,15?,16?,18-,19-/m0/s1. The maximum absolute atomic E-state index is 12.4. The molecule has 4 saturated carbocycles. The van der Waals surface area contributed by atoms with Gasteiger partial charge in [-0.15, -0.1) is 0 Å². The Balaban J connectivity index is 1.65. The quantitative estimate of drug-likeness (QED) is 0.723. The molecule has 0 radical (unpaired) electrons. The number of ketones is 1. The van der Waals surface area contributed by atoms with E-state index in [-0.39, 0.29) is 23.0 Å². The summed E-state index contributed by atoms with van der Waals surface area (Å²) in [6.07, 6.45) is 8.22. The molecule has 0 saturated heterocycles. The molecule has 0 amide bonds. The Hall–Kier alpha value is -0.410. The van der Waals surface area contributed by atoms with Gasteiger partial charge in [0.15, 0.2) is 0 Å². The maximum Gasteiger partial charge on any atom is 0.139 e. The van der Waals surface area contributed by atoms with Crippen LogP contribution in [0.2, 0.25) is 0 Å². The second kappa shape index (κ2) is 4.80. The fourth-order valence-electron chi connectivity index (χ4n) is 7.10. The topological polar surface area (TPSA) is 63.3 Å². The summed E-state index contributed by atoms with van der Waals surface area (Å²) in [4.78, 5) is 12.4. The van der Waals surface area contributed by atoms with Crippen molar-refractivity contribution in [3.05, 3.63) is 0 Å². The predicted octanol–water partition coefficient (Wildman–Crippen LogP) is 2.90. The molecular formula is C19H31NO2. The summed E-state index contributed by atoms with van der Waals surface area (Å²) in [5.41, 5.74) is 6.35. The molecule has 0 heterocycles. The average Bonchev–Trinajstić information content (AvgIpc) is 2.77. The first kappa shape index (κ1) is 15.1. The van der Waals surface area contributed by atoms with E-state index in [1.54, 1.807) is 0 Å². The highest BCUT2D eigenvalue weighted by Crippen LogP contribution is 2.65. The van der Waals surface area contributed by atoms with Crippen LogP contribution in [0.25, 0.3) is 0 Å². The minimum absolute atomic E-state index is 0.0310. The highest BCUT2D eigenvalue weighted by molar-refractivity contribution is 5.87. The van der Waals surface area contributed by atoms with Crippen LogP contribution in [0, 0.1) is 34.5 Å². The summed E-state index contributed by atoms with van der Waals surface area (Å²) in [6, 6.07) is -0.0310. The van der Waals surface area contributed by atoms with Crippen molar-refractivity contribution in [2.75, 3.05) is 0 Å². The third-order valence-electron chi connectivity index (χ3n) is 8.47. The SMILES string of the molecule is C[C@]12CC(O)C(N)CC1CC[C@@H]1[C@H]2CC[C@]2(C)C(=O)CC[C@@H]12. The molecule has 0 spiro atoms. The average molecular weight is 305 g/mol. The number of carbonyl (C=O) groups is 1. The van der Waals surface area contributed by atoms with Gasteiger partial charge in [-0.1, -0.05) is 13.8 Å². The van der Waals surface area contributed by atoms with Gasteiger partial charge in [0, 0.05) is 17.9 Å². The lowest BCUT2D eigenvalue weighted by molar-refractivity contribution is -0.145. The third-order valence-corrected chi connectivity index (χ3v) is 8.47. The van der Waals surface area contributed by atoms with E-state index in [0.717, 1.165) is 32.1 Å². The summed E-state index contributed by atoms with van der Waals surface area (Å²) in [5.74, 6) is 3.19. The Kier molecular flexibility index (Phi) is 3.30. The van der Waals surface area contributed by atoms with E-state index in [1.165, 1.54) is 19.3 Å². The molecule has 0 aromatic rings.